The van der Waals surface area contributed by atoms with Crippen LogP contribution in [0.25, 0.3) is 0 Å². The molecule has 1 aliphatic rings. The van der Waals surface area contributed by atoms with E-state index >= 15 is 0 Å². The van der Waals surface area contributed by atoms with Gasteiger partial charge in [-0.3, -0.25) is 0 Å². The summed E-state index contributed by atoms with van der Waals surface area (Å²) in [7, 11) is 0. The minimum Gasteiger partial charge on any atom is -0.464 e. The number of hydrogen-bond donors (Lipinski definition) is 1. The lowest BCUT2D eigenvalue weighted by atomic mass is 10.1. The molecule has 0 aliphatic carbocycles. The summed E-state index contributed by atoms with van der Waals surface area (Å²) in [6.45, 7) is 2.30. The normalized spacial score (nSPS) is 23.4. The first-order chi connectivity index (χ1) is 10.1. The Labute approximate surface area is 122 Å². The molecule has 0 aromatic heterocycles. The Morgan fingerprint density at radius 2 is 2.14 bits per heavy atom. The van der Waals surface area contributed by atoms with E-state index in [1.54, 1.807) is 6.92 Å². The van der Waals surface area contributed by atoms with E-state index in [2.05, 4.69) is 4.74 Å². The number of epoxide rings is 1. The molecule has 2 rings (SSSR count). The van der Waals surface area contributed by atoms with Gasteiger partial charge < -0.3 is 19.3 Å². The van der Waals surface area contributed by atoms with E-state index in [4.69, 9.17) is 9.47 Å². The highest BCUT2D eigenvalue weighted by molar-refractivity contribution is 5.75. The van der Waals surface area contributed by atoms with Crippen molar-refractivity contribution >= 4 is 5.97 Å². The van der Waals surface area contributed by atoms with E-state index in [-0.39, 0.29) is 13.2 Å². The smallest absolute Gasteiger partial charge is 0.343 e. The summed E-state index contributed by atoms with van der Waals surface area (Å²) in [5, 5.41) is 9.68. The van der Waals surface area contributed by atoms with Crippen LogP contribution in [0.15, 0.2) is 30.3 Å². The number of alkyl halides is 1. The summed E-state index contributed by atoms with van der Waals surface area (Å²) in [6, 6.07) is 9.59. The fourth-order valence-electron chi connectivity index (χ4n) is 1.99. The number of ether oxygens (including phenoxy) is 3. The summed E-state index contributed by atoms with van der Waals surface area (Å²) in [5.74, 6) is -1.07. The van der Waals surface area contributed by atoms with Gasteiger partial charge in [-0.05, 0) is 12.5 Å². The van der Waals surface area contributed by atoms with Gasteiger partial charge in [0.05, 0.1) is 19.8 Å². The van der Waals surface area contributed by atoms with Crippen LogP contribution in [0, 0.1) is 0 Å². The van der Waals surface area contributed by atoms with Crippen LogP contribution in [-0.2, 0) is 25.6 Å². The van der Waals surface area contributed by atoms with Crippen molar-refractivity contribution in [2.75, 3.05) is 13.2 Å². The van der Waals surface area contributed by atoms with E-state index in [0.29, 0.717) is 6.61 Å². The highest BCUT2D eigenvalue weighted by atomic mass is 19.1. The van der Waals surface area contributed by atoms with Crippen molar-refractivity contribution in [3.8, 4) is 0 Å². The number of hydrogen-bond acceptors (Lipinski definition) is 5. The summed E-state index contributed by atoms with van der Waals surface area (Å²) in [4.78, 5) is 11.2. The Kier molecular flexibility index (Phi) is 5.67. The monoisotopic (exact) mass is 298 g/mol. The first-order valence-corrected chi connectivity index (χ1v) is 6.89. The van der Waals surface area contributed by atoms with Crippen molar-refractivity contribution in [3.05, 3.63) is 35.9 Å². The van der Waals surface area contributed by atoms with Crippen LogP contribution in [0.4, 0.5) is 4.39 Å². The van der Waals surface area contributed by atoms with Crippen LogP contribution in [-0.4, -0.2) is 48.8 Å². The molecule has 0 unspecified atom stereocenters. The average Bonchev–Trinajstić information content (AvgIpc) is 3.26. The van der Waals surface area contributed by atoms with Gasteiger partial charge >= 0.3 is 5.97 Å². The number of carbonyl (C=O) groups is 1. The summed E-state index contributed by atoms with van der Waals surface area (Å²) in [5.41, 5.74) is 1.02. The van der Waals surface area contributed by atoms with Gasteiger partial charge in [0, 0.05) is 0 Å². The fraction of sp³-hybridized carbons (Fsp3) is 0.533. The molecule has 0 spiro atoms. The molecule has 0 amide bonds. The van der Waals surface area contributed by atoms with Crippen molar-refractivity contribution in [2.24, 2.45) is 0 Å². The Hall–Kier alpha value is -1.50. The van der Waals surface area contributed by atoms with Crippen LogP contribution >= 0.6 is 0 Å². The first kappa shape index (κ1) is 15.9. The molecule has 1 N–H and O–H groups in total. The molecule has 6 heteroatoms. The third-order valence-electron chi connectivity index (χ3n) is 3.16. The maximum Gasteiger partial charge on any atom is 0.343 e. The zero-order valence-corrected chi connectivity index (χ0v) is 11.8. The second kappa shape index (κ2) is 7.49. The largest absolute Gasteiger partial charge is 0.464 e. The van der Waals surface area contributed by atoms with Gasteiger partial charge in [-0.1, -0.05) is 30.3 Å². The molecule has 1 aliphatic heterocycles. The molecule has 0 saturated carbocycles. The van der Waals surface area contributed by atoms with Crippen molar-refractivity contribution in [2.45, 2.75) is 38.0 Å². The number of esters is 1. The fourth-order valence-corrected chi connectivity index (χ4v) is 1.99. The standard InChI is InChI=1S/C15H19FO5/c1-2-20-15(18)12(16)13(17)14-11(21-14)9-19-8-10-6-4-3-5-7-10/h3-7,11-14,17H,2,8-9H2,1H3/t11-,12-,13-,14-/m1/s1. The third-order valence-corrected chi connectivity index (χ3v) is 3.16. The Morgan fingerprint density at radius 1 is 1.43 bits per heavy atom. The van der Waals surface area contributed by atoms with Gasteiger partial charge in [0.15, 0.2) is 0 Å². The first-order valence-electron chi connectivity index (χ1n) is 6.89. The zero-order valence-electron chi connectivity index (χ0n) is 11.8. The molecule has 1 saturated heterocycles. The maximum atomic E-state index is 13.6. The van der Waals surface area contributed by atoms with Crippen LogP contribution in [0.3, 0.4) is 0 Å². The lowest BCUT2D eigenvalue weighted by Gasteiger charge is -2.12. The van der Waals surface area contributed by atoms with Gasteiger partial charge in [0.1, 0.15) is 18.3 Å². The number of carbonyl (C=O) groups excluding carboxylic acids is 1. The van der Waals surface area contributed by atoms with E-state index in [0.717, 1.165) is 5.56 Å². The lowest BCUT2D eigenvalue weighted by Crippen LogP contribution is -2.36. The number of rotatable bonds is 8. The molecule has 1 aromatic carbocycles. The highest BCUT2D eigenvalue weighted by Crippen LogP contribution is 2.29. The van der Waals surface area contributed by atoms with Crippen LogP contribution in [0.1, 0.15) is 12.5 Å². The maximum absolute atomic E-state index is 13.6. The molecule has 1 fully saturated rings. The number of aliphatic hydroxyl groups excluding tert-OH is 1. The molecule has 21 heavy (non-hydrogen) atoms. The minimum absolute atomic E-state index is 0.0705. The SMILES string of the molecule is CCOC(=O)[C@H](F)[C@@H](O)[C@@H]1O[C@@H]1COCc1ccccc1. The quantitative estimate of drug-likeness (QED) is 0.577. The predicted octanol–water partition coefficient (Wildman–Crippen LogP) is 1.23. The van der Waals surface area contributed by atoms with E-state index < -0.39 is 30.5 Å². The van der Waals surface area contributed by atoms with Crippen LogP contribution in [0.5, 0.6) is 0 Å². The Bertz CT molecular complexity index is 453. The van der Waals surface area contributed by atoms with E-state index in [9.17, 15) is 14.3 Å². The molecular weight excluding hydrogens is 279 g/mol. The van der Waals surface area contributed by atoms with Crippen molar-refractivity contribution in [1.82, 2.24) is 0 Å². The average molecular weight is 298 g/mol. The molecule has 4 atom stereocenters. The van der Waals surface area contributed by atoms with Gasteiger partial charge in [-0.25, -0.2) is 9.18 Å². The van der Waals surface area contributed by atoms with Gasteiger partial charge in [0.2, 0.25) is 6.17 Å². The predicted molar refractivity (Wildman–Crippen MR) is 72.3 cm³/mol. The summed E-state index contributed by atoms with van der Waals surface area (Å²) in [6.07, 6.45) is -4.72. The third kappa shape index (κ3) is 4.49. The van der Waals surface area contributed by atoms with Crippen LogP contribution in [0.2, 0.25) is 0 Å². The molecule has 1 aromatic rings. The number of aliphatic hydroxyl groups is 1. The lowest BCUT2D eigenvalue weighted by molar-refractivity contribution is -0.154. The van der Waals surface area contributed by atoms with E-state index in [1.165, 1.54) is 0 Å². The van der Waals surface area contributed by atoms with Crippen molar-refractivity contribution in [3.63, 3.8) is 0 Å². The zero-order chi connectivity index (χ0) is 15.2. The topological polar surface area (TPSA) is 68.3 Å². The van der Waals surface area contributed by atoms with Gasteiger partial charge in [0.25, 0.3) is 0 Å². The highest BCUT2D eigenvalue weighted by Gasteiger charge is 2.49. The second-order valence-corrected chi connectivity index (χ2v) is 4.78. The minimum atomic E-state index is -2.09. The Balaban J connectivity index is 1.68. The Morgan fingerprint density at radius 3 is 2.81 bits per heavy atom. The van der Waals surface area contributed by atoms with Crippen molar-refractivity contribution in [1.29, 1.82) is 0 Å². The molecule has 0 radical (unpaired) electrons. The van der Waals surface area contributed by atoms with Gasteiger partial charge in [-0.2, -0.15) is 0 Å². The summed E-state index contributed by atoms with van der Waals surface area (Å²) < 4.78 is 28.7. The second-order valence-electron chi connectivity index (χ2n) is 4.78. The molecule has 116 valence electrons. The van der Waals surface area contributed by atoms with Gasteiger partial charge in [-0.15, -0.1) is 0 Å². The van der Waals surface area contributed by atoms with Crippen LogP contribution < -0.4 is 0 Å². The molecule has 0 bridgehead atoms. The number of halogens is 1. The number of benzene rings is 1. The van der Waals surface area contributed by atoms with E-state index in [1.807, 2.05) is 30.3 Å². The molecular formula is C15H19FO5. The molecule has 1 heterocycles. The molecule has 5 nitrogen and oxygen atoms in total. The van der Waals surface area contributed by atoms with Crippen molar-refractivity contribution < 1.29 is 28.5 Å². The summed E-state index contributed by atoms with van der Waals surface area (Å²) >= 11 is 0.